The molecule has 0 aromatic heterocycles. The van der Waals surface area contributed by atoms with Crippen LogP contribution >= 0.6 is 39.3 Å². The van der Waals surface area contributed by atoms with Gasteiger partial charge in [-0.3, -0.25) is 10.2 Å². The van der Waals surface area contributed by atoms with E-state index in [0.29, 0.717) is 42.7 Å². The Kier molecular flexibility index (Phi) is 7.14. The van der Waals surface area contributed by atoms with Crippen LogP contribution in [0.25, 0.3) is 6.08 Å². The Morgan fingerprint density at radius 1 is 1.19 bits per heavy atom. The molecule has 1 amide bonds. The molecule has 0 saturated heterocycles. The van der Waals surface area contributed by atoms with Crippen molar-refractivity contribution in [3.05, 3.63) is 98.2 Å². The van der Waals surface area contributed by atoms with Crippen molar-refractivity contribution in [2.24, 2.45) is 10.1 Å². The van der Waals surface area contributed by atoms with E-state index in [1.54, 1.807) is 36.4 Å². The molecular formula is C26H17BrClFN4O3S. The third-order valence-corrected chi connectivity index (χ3v) is 7.31. The zero-order chi connectivity index (χ0) is 26.1. The van der Waals surface area contributed by atoms with Gasteiger partial charge in [0, 0.05) is 11.1 Å². The minimum absolute atomic E-state index is 0.00108. The summed E-state index contributed by atoms with van der Waals surface area (Å²) in [6.45, 7) is 0.00108. The standard InChI is InChI=1S/C26H17BrClFN4O3S/c1-35-21-12-14(11-18(27)22(21)36-13-15-6-2-5-9-20(15)29)10-17-23(30)33-26(31-24(17)34)37-25(32-33)16-7-3-4-8-19(16)28/h2-12,30H,13H2,1H3/b17-10-,30-23?. The smallest absolute Gasteiger partial charge is 0.283 e. The monoisotopic (exact) mass is 598 g/mol. The summed E-state index contributed by atoms with van der Waals surface area (Å²) in [7, 11) is 1.48. The van der Waals surface area contributed by atoms with Crippen molar-refractivity contribution in [1.29, 1.82) is 5.41 Å². The SMILES string of the molecule is COc1cc(/C=C2/C(=N)N3N=C(c4ccccc4Cl)SC3=NC2=O)cc(Br)c1OCc1ccccc1F. The first-order valence-electron chi connectivity index (χ1n) is 10.8. The van der Waals surface area contributed by atoms with Gasteiger partial charge in [-0.15, -0.1) is 0 Å². The number of rotatable bonds is 6. The number of methoxy groups -OCH3 is 1. The molecule has 37 heavy (non-hydrogen) atoms. The molecular weight excluding hydrogens is 583 g/mol. The van der Waals surface area contributed by atoms with Crippen LogP contribution in [0.3, 0.4) is 0 Å². The van der Waals surface area contributed by atoms with Crippen molar-refractivity contribution in [3.8, 4) is 11.5 Å². The van der Waals surface area contributed by atoms with Crippen molar-refractivity contribution < 1.29 is 18.7 Å². The normalized spacial score (nSPS) is 16.0. The van der Waals surface area contributed by atoms with Crippen LogP contribution in [0, 0.1) is 11.2 Å². The number of ether oxygens (including phenoxy) is 2. The molecule has 0 aliphatic carbocycles. The van der Waals surface area contributed by atoms with E-state index in [2.05, 4.69) is 26.0 Å². The molecule has 11 heteroatoms. The average Bonchev–Trinajstić information content (AvgIpc) is 3.30. The number of amides is 1. The quantitative estimate of drug-likeness (QED) is 0.327. The number of nitrogens with zero attached hydrogens (tertiary/aromatic N) is 3. The number of benzene rings is 3. The predicted octanol–water partition coefficient (Wildman–Crippen LogP) is 6.50. The van der Waals surface area contributed by atoms with Gasteiger partial charge in [0.2, 0.25) is 5.17 Å². The van der Waals surface area contributed by atoms with Gasteiger partial charge in [0.05, 0.1) is 22.2 Å². The molecule has 0 atom stereocenters. The summed E-state index contributed by atoms with van der Waals surface area (Å²) in [5.74, 6) is -0.294. The minimum Gasteiger partial charge on any atom is -0.493 e. The third-order valence-electron chi connectivity index (χ3n) is 5.45. The Hall–Kier alpha value is -3.47. The number of hydrazone groups is 1. The molecule has 1 N–H and O–H groups in total. The molecule has 0 radical (unpaired) electrons. The zero-order valence-corrected chi connectivity index (χ0v) is 22.3. The molecule has 2 heterocycles. The van der Waals surface area contributed by atoms with E-state index >= 15 is 0 Å². The van der Waals surface area contributed by atoms with E-state index < -0.39 is 5.91 Å². The molecule has 3 aromatic carbocycles. The second-order valence-electron chi connectivity index (χ2n) is 7.82. The van der Waals surface area contributed by atoms with Crippen molar-refractivity contribution in [1.82, 2.24) is 5.01 Å². The van der Waals surface area contributed by atoms with E-state index in [1.807, 2.05) is 18.2 Å². The topological polar surface area (TPSA) is 87.3 Å². The third kappa shape index (κ3) is 5.04. The minimum atomic E-state index is -0.561. The molecule has 0 unspecified atom stereocenters. The summed E-state index contributed by atoms with van der Waals surface area (Å²) >= 11 is 10.9. The van der Waals surface area contributed by atoms with Gasteiger partial charge >= 0.3 is 0 Å². The zero-order valence-electron chi connectivity index (χ0n) is 19.2. The summed E-state index contributed by atoms with van der Waals surface area (Å²) < 4.78 is 25.8. The van der Waals surface area contributed by atoms with Crippen LogP contribution in [0.1, 0.15) is 16.7 Å². The van der Waals surface area contributed by atoms with Gasteiger partial charge in [-0.25, -0.2) is 4.39 Å². The first kappa shape index (κ1) is 25.2. The first-order chi connectivity index (χ1) is 17.9. The van der Waals surface area contributed by atoms with Crippen LogP contribution in [-0.2, 0) is 11.4 Å². The lowest BCUT2D eigenvalue weighted by Crippen LogP contribution is -2.35. The van der Waals surface area contributed by atoms with E-state index in [1.165, 1.54) is 36.0 Å². The van der Waals surface area contributed by atoms with Crippen LogP contribution in [-0.4, -0.2) is 34.1 Å². The average molecular weight is 600 g/mol. The molecule has 0 saturated carbocycles. The van der Waals surface area contributed by atoms with Crippen molar-refractivity contribution in [3.63, 3.8) is 0 Å². The molecule has 5 rings (SSSR count). The fourth-order valence-corrected chi connectivity index (χ4v) is 5.42. The summed E-state index contributed by atoms with van der Waals surface area (Å²) in [4.78, 5) is 17.0. The van der Waals surface area contributed by atoms with Gasteiger partial charge in [-0.2, -0.15) is 15.1 Å². The molecule has 2 aliphatic rings. The highest BCUT2D eigenvalue weighted by Gasteiger charge is 2.36. The van der Waals surface area contributed by atoms with Gasteiger partial charge in [0.15, 0.2) is 17.3 Å². The predicted molar refractivity (Wildman–Crippen MR) is 147 cm³/mol. The van der Waals surface area contributed by atoms with E-state index in [4.69, 9.17) is 26.5 Å². The molecule has 7 nitrogen and oxygen atoms in total. The number of amidine groups is 2. The lowest BCUT2D eigenvalue weighted by Gasteiger charge is -2.20. The van der Waals surface area contributed by atoms with Crippen LogP contribution in [0.15, 0.2) is 80.8 Å². The number of halogens is 3. The second kappa shape index (κ2) is 10.5. The van der Waals surface area contributed by atoms with Gasteiger partial charge in [0.1, 0.15) is 17.5 Å². The molecule has 2 aliphatic heterocycles. The largest absolute Gasteiger partial charge is 0.493 e. The summed E-state index contributed by atoms with van der Waals surface area (Å²) in [6.07, 6.45) is 1.53. The highest BCUT2D eigenvalue weighted by atomic mass is 79.9. The Morgan fingerprint density at radius 3 is 2.70 bits per heavy atom. The van der Waals surface area contributed by atoms with Gasteiger partial charge in [-0.05, 0) is 63.6 Å². The van der Waals surface area contributed by atoms with E-state index in [9.17, 15) is 9.18 Å². The maximum absolute atomic E-state index is 14.0. The Bertz CT molecular complexity index is 1540. The number of fused-ring (bicyclic) bond motifs is 1. The van der Waals surface area contributed by atoms with E-state index in [0.717, 1.165) is 0 Å². The Labute approximate surface area is 229 Å². The summed E-state index contributed by atoms with van der Waals surface area (Å²) in [6, 6.07) is 16.9. The maximum Gasteiger partial charge on any atom is 0.283 e. The highest BCUT2D eigenvalue weighted by molar-refractivity contribution is 9.10. The Morgan fingerprint density at radius 2 is 1.95 bits per heavy atom. The molecule has 0 spiro atoms. The number of hydrogen-bond acceptors (Lipinski definition) is 6. The van der Waals surface area contributed by atoms with Gasteiger partial charge in [-0.1, -0.05) is 48.0 Å². The van der Waals surface area contributed by atoms with Crippen molar-refractivity contribution >= 4 is 67.3 Å². The molecule has 186 valence electrons. The fourth-order valence-electron chi connectivity index (χ4n) is 3.63. The number of carbonyl (C=O) groups excluding carboxylic acids is 1. The summed E-state index contributed by atoms with van der Waals surface area (Å²) in [5.41, 5.74) is 1.72. The van der Waals surface area contributed by atoms with Crippen molar-refractivity contribution in [2.75, 3.05) is 7.11 Å². The summed E-state index contributed by atoms with van der Waals surface area (Å²) in [5, 5.41) is 15.8. The van der Waals surface area contributed by atoms with Gasteiger partial charge < -0.3 is 9.47 Å². The van der Waals surface area contributed by atoms with Crippen LogP contribution in [0.2, 0.25) is 5.02 Å². The lowest BCUT2D eigenvalue weighted by molar-refractivity contribution is -0.114. The number of nitrogens with one attached hydrogen (secondary N) is 1. The van der Waals surface area contributed by atoms with Crippen LogP contribution in [0.5, 0.6) is 11.5 Å². The molecule has 0 fully saturated rings. The first-order valence-corrected chi connectivity index (χ1v) is 12.8. The molecule has 3 aromatic rings. The number of hydrogen-bond donors (Lipinski definition) is 1. The van der Waals surface area contributed by atoms with Crippen molar-refractivity contribution in [2.45, 2.75) is 6.61 Å². The lowest BCUT2D eigenvalue weighted by atomic mass is 10.1. The fraction of sp³-hybridized carbons (Fsp3) is 0.0769. The molecule has 0 bridgehead atoms. The number of thioether (sulfide) groups is 1. The number of carbonyl (C=O) groups is 1. The second-order valence-corrected chi connectivity index (χ2v) is 10.0. The van der Waals surface area contributed by atoms with Crippen LogP contribution < -0.4 is 9.47 Å². The maximum atomic E-state index is 14.0. The Balaban J connectivity index is 1.43. The highest BCUT2D eigenvalue weighted by Crippen LogP contribution is 2.39. The van der Waals surface area contributed by atoms with E-state index in [-0.39, 0.29) is 29.0 Å². The van der Waals surface area contributed by atoms with Crippen LogP contribution in [0.4, 0.5) is 4.39 Å². The van der Waals surface area contributed by atoms with Gasteiger partial charge in [0.25, 0.3) is 5.91 Å². The number of aliphatic imine (C=N–C) groups is 1.